The minimum absolute atomic E-state index is 0.0770. The number of fused-ring (bicyclic) bond motifs is 1. The zero-order valence-corrected chi connectivity index (χ0v) is 14.7. The van der Waals surface area contributed by atoms with Crippen LogP contribution in [-0.2, 0) is 22.6 Å². The minimum Gasteiger partial charge on any atom is -0.382 e. The van der Waals surface area contributed by atoms with Crippen LogP contribution >= 0.6 is 11.6 Å². The first-order valence-electron chi connectivity index (χ1n) is 7.94. The van der Waals surface area contributed by atoms with E-state index < -0.39 is 0 Å². The molecule has 1 heterocycles. The minimum atomic E-state index is 0.0770. The summed E-state index contributed by atoms with van der Waals surface area (Å²) in [7, 11) is 1.68. The van der Waals surface area contributed by atoms with Crippen molar-refractivity contribution < 1.29 is 9.47 Å². The van der Waals surface area contributed by atoms with E-state index in [2.05, 4.69) is 27.8 Å². The monoisotopic (exact) mass is 344 g/mol. The molecule has 126 valence electrons. The third kappa shape index (κ3) is 4.15. The molecule has 0 spiro atoms. The number of ether oxygens (including phenoxy) is 2. The molecule has 0 aliphatic rings. The van der Waals surface area contributed by atoms with Gasteiger partial charge in [-0.3, -0.25) is 0 Å². The first-order chi connectivity index (χ1) is 11.7. The van der Waals surface area contributed by atoms with E-state index in [1.165, 1.54) is 5.56 Å². The Labute approximate surface area is 147 Å². The summed E-state index contributed by atoms with van der Waals surface area (Å²) in [5.41, 5.74) is 4.39. The molecule has 3 aromatic rings. The second kappa shape index (κ2) is 7.79. The van der Waals surface area contributed by atoms with E-state index in [0.29, 0.717) is 13.2 Å². The molecule has 0 bridgehead atoms. The van der Waals surface area contributed by atoms with Crippen LogP contribution in [0, 0.1) is 0 Å². The fourth-order valence-electron chi connectivity index (χ4n) is 2.63. The van der Waals surface area contributed by atoms with Crippen LogP contribution in [-0.4, -0.2) is 29.4 Å². The molecule has 5 heteroatoms. The predicted molar refractivity (Wildman–Crippen MR) is 96.4 cm³/mol. The van der Waals surface area contributed by atoms with Gasteiger partial charge in [-0.15, -0.1) is 0 Å². The molecule has 2 aromatic carbocycles. The van der Waals surface area contributed by atoms with E-state index in [4.69, 9.17) is 21.1 Å². The predicted octanol–water partition coefficient (Wildman–Crippen LogP) is 4.29. The van der Waals surface area contributed by atoms with Gasteiger partial charge in [0.15, 0.2) is 0 Å². The lowest BCUT2D eigenvalue weighted by Crippen LogP contribution is -2.14. The Morgan fingerprint density at radius 2 is 1.88 bits per heavy atom. The molecular formula is C19H21ClN2O2. The van der Waals surface area contributed by atoms with Gasteiger partial charge < -0.3 is 14.0 Å². The van der Waals surface area contributed by atoms with Crippen molar-refractivity contribution in [2.45, 2.75) is 26.2 Å². The van der Waals surface area contributed by atoms with Crippen molar-refractivity contribution in [1.82, 2.24) is 9.55 Å². The van der Waals surface area contributed by atoms with Crippen LogP contribution in [0.4, 0.5) is 0 Å². The number of rotatable bonds is 7. The molecule has 0 fully saturated rings. The summed E-state index contributed by atoms with van der Waals surface area (Å²) in [4.78, 5) is 4.51. The highest BCUT2D eigenvalue weighted by Gasteiger charge is 2.07. The molecular weight excluding hydrogens is 324 g/mol. The Hall–Kier alpha value is -1.88. The van der Waals surface area contributed by atoms with Gasteiger partial charge in [-0.2, -0.15) is 0 Å². The molecule has 0 saturated carbocycles. The van der Waals surface area contributed by atoms with Crippen LogP contribution in [0.15, 0.2) is 48.8 Å². The normalized spacial score (nSPS) is 12.6. The topological polar surface area (TPSA) is 36.3 Å². The summed E-state index contributed by atoms with van der Waals surface area (Å²) in [6, 6.07) is 14.1. The fourth-order valence-corrected chi connectivity index (χ4v) is 2.76. The van der Waals surface area contributed by atoms with E-state index >= 15 is 0 Å². The molecule has 3 rings (SSSR count). The number of nitrogens with zero attached hydrogens (tertiary/aromatic N) is 2. The Morgan fingerprint density at radius 3 is 2.62 bits per heavy atom. The smallest absolute Gasteiger partial charge is 0.0961 e. The number of benzene rings is 2. The molecule has 0 saturated heterocycles. The molecule has 1 unspecified atom stereocenters. The SMILES string of the molecule is COCC(C)OCc1ccc2c(c1)ncn2Cc1ccc(Cl)cc1. The lowest BCUT2D eigenvalue weighted by Gasteiger charge is -2.12. The summed E-state index contributed by atoms with van der Waals surface area (Å²) >= 11 is 5.94. The Kier molecular flexibility index (Phi) is 5.51. The van der Waals surface area contributed by atoms with E-state index in [1.807, 2.05) is 37.5 Å². The van der Waals surface area contributed by atoms with Crippen molar-refractivity contribution in [1.29, 1.82) is 0 Å². The average Bonchev–Trinajstić information content (AvgIpc) is 2.97. The van der Waals surface area contributed by atoms with Crippen LogP contribution in [0.5, 0.6) is 0 Å². The summed E-state index contributed by atoms with van der Waals surface area (Å²) in [6.45, 7) is 3.93. The van der Waals surface area contributed by atoms with Gasteiger partial charge in [-0.25, -0.2) is 4.98 Å². The van der Waals surface area contributed by atoms with E-state index in [9.17, 15) is 0 Å². The molecule has 0 amide bonds. The summed E-state index contributed by atoms with van der Waals surface area (Å²) in [6.07, 6.45) is 1.95. The zero-order valence-electron chi connectivity index (χ0n) is 13.9. The van der Waals surface area contributed by atoms with E-state index in [0.717, 1.165) is 28.2 Å². The Bertz CT molecular complexity index is 799. The van der Waals surface area contributed by atoms with Gasteiger partial charge in [0.25, 0.3) is 0 Å². The van der Waals surface area contributed by atoms with Gasteiger partial charge >= 0.3 is 0 Å². The van der Waals surface area contributed by atoms with Crippen LogP contribution < -0.4 is 0 Å². The maximum atomic E-state index is 5.94. The number of hydrogen-bond acceptors (Lipinski definition) is 3. The number of aromatic nitrogens is 2. The molecule has 0 N–H and O–H groups in total. The Morgan fingerprint density at radius 1 is 1.12 bits per heavy atom. The lowest BCUT2D eigenvalue weighted by molar-refractivity contribution is -0.0000925. The first-order valence-corrected chi connectivity index (χ1v) is 8.32. The number of halogens is 1. The fraction of sp³-hybridized carbons (Fsp3) is 0.316. The van der Waals surface area contributed by atoms with Crippen molar-refractivity contribution in [3.8, 4) is 0 Å². The molecule has 4 nitrogen and oxygen atoms in total. The van der Waals surface area contributed by atoms with Gasteiger partial charge in [0.05, 0.1) is 36.7 Å². The van der Waals surface area contributed by atoms with Crippen LogP contribution in [0.2, 0.25) is 5.02 Å². The van der Waals surface area contributed by atoms with Gasteiger partial charge in [-0.1, -0.05) is 29.8 Å². The van der Waals surface area contributed by atoms with Crippen molar-refractivity contribution in [3.63, 3.8) is 0 Å². The van der Waals surface area contributed by atoms with Crippen molar-refractivity contribution in [2.75, 3.05) is 13.7 Å². The van der Waals surface area contributed by atoms with Crippen molar-refractivity contribution >= 4 is 22.6 Å². The molecule has 1 atom stereocenters. The molecule has 24 heavy (non-hydrogen) atoms. The van der Waals surface area contributed by atoms with Crippen LogP contribution in [0.3, 0.4) is 0 Å². The molecule has 0 radical (unpaired) electrons. The maximum absolute atomic E-state index is 5.94. The third-order valence-corrected chi connectivity index (χ3v) is 4.14. The van der Waals surface area contributed by atoms with Gasteiger partial charge in [0.2, 0.25) is 0 Å². The van der Waals surface area contributed by atoms with Gasteiger partial charge in [0, 0.05) is 18.7 Å². The standard InChI is InChI=1S/C19H21ClN2O2/c1-14(11-23-2)24-12-16-5-8-19-18(9-16)21-13-22(19)10-15-3-6-17(20)7-4-15/h3-9,13-14H,10-12H2,1-2H3. The first kappa shape index (κ1) is 17.0. The lowest BCUT2D eigenvalue weighted by atomic mass is 10.2. The molecule has 0 aliphatic heterocycles. The summed E-state index contributed by atoms with van der Waals surface area (Å²) in [5, 5.41) is 0.751. The highest BCUT2D eigenvalue weighted by molar-refractivity contribution is 6.30. The summed E-state index contributed by atoms with van der Waals surface area (Å²) in [5.74, 6) is 0. The number of methoxy groups -OCH3 is 1. The van der Waals surface area contributed by atoms with E-state index in [1.54, 1.807) is 7.11 Å². The second-order valence-electron chi connectivity index (χ2n) is 5.90. The Balaban J connectivity index is 1.72. The maximum Gasteiger partial charge on any atom is 0.0961 e. The third-order valence-electron chi connectivity index (χ3n) is 3.89. The number of imidazole rings is 1. The van der Waals surface area contributed by atoms with Crippen molar-refractivity contribution in [2.24, 2.45) is 0 Å². The highest BCUT2D eigenvalue weighted by Crippen LogP contribution is 2.18. The number of hydrogen-bond donors (Lipinski definition) is 0. The largest absolute Gasteiger partial charge is 0.382 e. The average molecular weight is 345 g/mol. The van der Waals surface area contributed by atoms with Gasteiger partial charge in [0.1, 0.15) is 0 Å². The van der Waals surface area contributed by atoms with Gasteiger partial charge in [-0.05, 0) is 42.3 Å². The zero-order chi connectivity index (χ0) is 16.9. The summed E-state index contributed by atoms with van der Waals surface area (Å²) < 4.78 is 13.0. The van der Waals surface area contributed by atoms with Crippen molar-refractivity contribution in [3.05, 3.63) is 64.9 Å². The highest BCUT2D eigenvalue weighted by atomic mass is 35.5. The van der Waals surface area contributed by atoms with Crippen LogP contribution in [0.25, 0.3) is 11.0 Å². The van der Waals surface area contributed by atoms with E-state index in [-0.39, 0.29) is 6.10 Å². The quantitative estimate of drug-likeness (QED) is 0.641. The molecule has 1 aromatic heterocycles. The molecule has 0 aliphatic carbocycles. The van der Waals surface area contributed by atoms with Crippen LogP contribution in [0.1, 0.15) is 18.1 Å². The second-order valence-corrected chi connectivity index (χ2v) is 6.34.